The summed E-state index contributed by atoms with van der Waals surface area (Å²) in [5.41, 5.74) is 3.50. The Morgan fingerprint density at radius 1 is 0.962 bits per heavy atom. The predicted octanol–water partition coefficient (Wildman–Crippen LogP) is 3.50. The first kappa shape index (κ1) is 16.7. The zero-order chi connectivity index (χ0) is 18.1. The fourth-order valence-electron chi connectivity index (χ4n) is 3.31. The third-order valence-electron chi connectivity index (χ3n) is 4.49. The topological polar surface area (TPSA) is 51.9 Å². The van der Waals surface area contributed by atoms with Gasteiger partial charge in [-0.05, 0) is 48.9 Å². The van der Waals surface area contributed by atoms with E-state index in [0.29, 0.717) is 25.3 Å². The van der Waals surface area contributed by atoms with Gasteiger partial charge in [0, 0.05) is 24.5 Å². The predicted molar refractivity (Wildman–Crippen MR) is 99.8 cm³/mol. The van der Waals surface area contributed by atoms with Gasteiger partial charge in [-0.25, -0.2) is 4.79 Å². The van der Waals surface area contributed by atoms with Gasteiger partial charge in [0.15, 0.2) is 11.5 Å². The van der Waals surface area contributed by atoms with Gasteiger partial charge < -0.3 is 13.9 Å². The monoisotopic (exact) mass is 351 g/mol. The number of nitrogens with zero attached hydrogens (tertiary/aromatic N) is 1. The summed E-state index contributed by atoms with van der Waals surface area (Å²) in [5, 5.41) is 0.976. The van der Waals surface area contributed by atoms with Crippen molar-refractivity contribution in [2.75, 3.05) is 20.3 Å². The summed E-state index contributed by atoms with van der Waals surface area (Å²) in [4.78, 5) is 14.1. The minimum Gasteiger partial charge on any atom is -0.486 e. The van der Waals surface area contributed by atoms with Gasteiger partial charge in [0.1, 0.15) is 18.8 Å². The van der Waals surface area contributed by atoms with E-state index in [2.05, 4.69) is 4.90 Å². The summed E-state index contributed by atoms with van der Waals surface area (Å²) in [6.45, 7) is 4.55. The molecule has 0 fully saturated rings. The minimum atomic E-state index is -0.314. The molecule has 1 aliphatic rings. The fraction of sp³-hybridized carbons (Fsp3) is 0.286. The molecule has 2 heterocycles. The Morgan fingerprint density at radius 3 is 2.62 bits per heavy atom. The number of hydrogen-bond acceptors (Lipinski definition) is 5. The molecule has 0 N–H and O–H groups in total. The highest BCUT2D eigenvalue weighted by molar-refractivity contribution is 5.80. The van der Waals surface area contributed by atoms with E-state index in [1.165, 1.54) is 0 Å². The lowest BCUT2D eigenvalue weighted by atomic mass is 10.1. The highest BCUT2D eigenvalue weighted by Crippen LogP contribution is 2.31. The Balaban J connectivity index is 1.56. The second-order valence-corrected chi connectivity index (χ2v) is 6.74. The molecule has 1 aliphatic heterocycles. The average Bonchev–Trinajstić information content (AvgIpc) is 2.61. The van der Waals surface area contributed by atoms with E-state index in [1.807, 2.05) is 50.4 Å². The van der Waals surface area contributed by atoms with Gasteiger partial charge in [0.2, 0.25) is 0 Å². The van der Waals surface area contributed by atoms with Gasteiger partial charge in [-0.2, -0.15) is 0 Å². The summed E-state index contributed by atoms with van der Waals surface area (Å²) in [5.74, 6) is 1.59. The molecule has 5 heteroatoms. The van der Waals surface area contributed by atoms with E-state index in [-0.39, 0.29) is 5.63 Å². The number of ether oxygens (including phenoxy) is 2. The van der Waals surface area contributed by atoms with Gasteiger partial charge in [0.05, 0.1) is 0 Å². The molecule has 134 valence electrons. The van der Waals surface area contributed by atoms with Crippen LogP contribution in [0.2, 0.25) is 0 Å². The van der Waals surface area contributed by atoms with E-state index in [9.17, 15) is 4.79 Å². The smallest absolute Gasteiger partial charge is 0.336 e. The summed E-state index contributed by atoms with van der Waals surface area (Å²) >= 11 is 0. The normalized spacial score (nSPS) is 13.3. The van der Waals surface area contributed by atoms with Gasteiger partial charge in [-0.3, -0.25) is 4.90 Å². The standard InChI is InChI=1S/C21H21NO4/c1-14-3-5-17-16(11-21(23)26-19(17)9-14)13-22(2)12-15-4-6-18-20(10-15)25-8-7-24-18/h3-6,9-11H,7-8,12-13H2,1-2H3. The number of fused-ring (bicyclic) bond motifs is 2. The van der Waals surface area contributed by atoms with Gasteiger partial charge in [0.25, 0.3) is 0 Å². The first-order chi connectivity index (χ1) is 12.6. The minimum absolute atomic E-state index is 0.314. The first-order valence-electron chi connectivity index (χ1n) is 8.69. The molecule has 0 saturated carbocycles. The van der Waals surface area contributed by atoms with Crippen LogP contribution in [-0.4, -0.2) is 25.2 Å². The summed E-state index contributed by atoms with van der Waals surface area (Å²) < 4.78 is 16.6. The van der Waals surface area contributed by atoms with Crippen LogP contribution in [-0.2, 0) is 13.1 Å². The molecule has 0 saturated heterocycles. The molecule has 0 unspecified atom stereocenters. The van der Waals surface area contributed by atoms with Crippen LogP contribution in [0.5, 0.6) is 11.5 Å². The molecule has 3 aromatic rings. The molecule has 0 spiro atoms. The lowest BCUT2D eigenvalue weighted by Crippen LogP contribution is -2.19. The van der Waals surface area contributed by atoms with E-state index >= 15 is 0 Å². The summed E-state index contributed by atoms with van der Waals surface area (Å²) in [6.07, 6.45) is 0. The maximum absolute atomic E-state index is 11.9. The molecule has 0 bridgehead atoms. The van der Waals surface area contributed by atoms with Crippen molar-refractivity contribution in [1.29, 1.82) is 0 Å². The van der Waals surface area contributed by atoms with Crippen LogP contribution in [0.4, 0.5) is 0 Å². The third kappa shape index (κ3) is 3.44. The second-order valence-electron chi connectivity index (χ2n) is 6.74. The zero-order valence-corrected chi connectivity index (χ0v) is 15.0. The highest BCUT2D eigenvalue weighted by Gasteiger charge is 2.13. The van der Waals surface area contributed by atoms with Crippen LogP contribution in [0, 0.1) is 6.92 Å². The maximum Gasteiger partial charge on any atom is 0.336 e. The zero-order valence-electron chi connectivity index (χ0n) is 15.0. The van der Waals surface area contributed by atoms with Crippen LogP contribution in [0.15, 0.2) is 51.7 Å². The fourth-order valence-corrected chi connectivity index (χ4v) is 3.31. The van der Waals surface area contributed by atoms with Crippen molar-refractivity contribution in [2.24, 2.45) is 0 Å². The Morgan fingerprint density at radius 2 is 1.77 bits per heavy atom. The van der Waals surface area contributed by atoms with Crippen LogP contribution in [0.25, 0.3) is 11.0 Å². The van der Waals surface area contributed by atoms with Crippen LogP contribution < -0.4 is 15.1 Å². The summed E-state index contributed by atoms with van der Waals surface area (Å²) in [6, 6.07) is 13.6. The number of rotatable bonds is 4. The molecule has 1 aromatic heterocycles. The Kier molecular flexibility index (Phi) is 4.39. The Bertz CT molecular complexity index is 1010. The number of aryl methyl sites for hydroxylation is 1. The number of hydrogen-bond donors (Lipinski definition) is 0. The summed E-state index contributed by atoms with van der Waals surface area (Å²) in [7, 11) is 2.03. The Labute approximate surface area is 151 Å². The highest BCUT2D eigenvalue weighted by atomic mass is 16.6. The van der Waals surface area contributed by atoms with Crippen molar-refractivity contribution in [2.45, 2.75) is 20.0 Å². The first-order valence-corrected chi connectivity index (χ1v) is 8.69. The molecule has 4 rings (SSSR count). The quantitative estimate of drug-likeness (QED) is 0.674. The molecule has 0 aliphatic carbocycles. The van der Waals surface area contributed by atoms with Crippen molar-refractivity contribution >= 4 is 11.0 Å². The average molecular weight is 351 g/mol. The largest absolute Gasteiger partial charge is 0.486 e. The van der Waals surface area contributed by atoms with E-state index in [4.69, 9.17) is 13.9 Å². The van der Waals surface area contributed by atoms with E-state index in [0.717, 1.165) is 40.1 Å². The third-order valence-corrected chi connectivity index (χ3v) is 4.49. The van der Waals surface area contributed by atoms with Gasteiger partial charge >= 0.3 is 5.63 Å². The van der Waals surface area contributed by atoms with Crippen LogP contribution in [0.1, 0.15) is 16.7 Å². The van der Waals surface area contributed by atoms with Crippen molar-refractivity contribution in [3.63, 3.8) is 0 Å². The molecule has 0 amide bonds. The van der Waals surface area contributed by atoms with Crippen molar-refractivity contribution in [1.82, 2.24) is 4.90 Å². The Hall–Kier alpha value is -2.79. The molecular weight excluding hydrogens is 330 g/mol. The maximum atomic E-state index is 11.9. The van der Waals surface area contributed by atoms with E-state index in [1.54, 1.807) is 6.07 Å². The second kappa shape index (κ2) is 6.84. The lowest BCUT2D eigenvalue weighted by Gasteiger charge is -2.21. The van der Waals surface area contributed by atoms with Gasteiger partial charge in [-0.15, -0.1) is 0 Å². The molecule has 26 heavy (non-hydrogen) atoms. The van der Waals surface area contributed by atoms with Crippen molar-refractivity contribution in [3.05, 3.63) is 69.6 Å². The molecule has 2 aromatic carbocycles. The van der Waals surface area contributed by atoms with Crippen molar-refractivity contribution in [3.8, 4) is 11.5 Å². The van der Waals surface area contributed by atoms with E-state index < -0.39 is 0 Å². The van der Waals surface area contributed by atoms with Gasteiger partial charge in [-0.1, -0.05) is 18.2 Å². The molecule has 0 atom stereocenters. The number of benzene rings is 2. The van der Waals surface area contributed by atoms with Crippen LogP contribution >= 0.6 is 0 Å². The molecule has 5 nitrogen and oxygen atoms in total. The molecule has 0 radical (unpaired) electrons. The lowest BCUT2D eigenvalue weighted by molar-refractivity contribution is 0.171. The van der Waals surface area contributed by atoms with Crippen LogP contribution in [0.3, 0.4) is 0 Å². The van der Waals surface area contributed by atoms with Crippen molar-refractivity contribution < 1.29 is 13.9 Å². The molecular formula is C21H21NO4. The SMILES string of the molecule is Cc1ccc2c(CN(C)Cc3ccc4c(c3)OCCO4)cc(=O)oc2c1.